The van der Waals surface area contributed by atoms with Crippen molar-refractivity contribution < 1.29 is 9.59 Å². The molecule has 2 N–H and O–H groups in total. The first-order valence-corrected chi connectivity index (χ1v) is 11.5. The quantitative estimate of drug-likeness (QED) is 0.565. The maximum Gasteiger partial charge on any atom is 0.229 e. The van der Waals surface area contributed by atoms with E-state index in [1.807, 2.05) is 66.7 Å². The molecular weight excluding hydrogens is 412 g/mol. The number of carbonyl (C=O) groups is 2. The maximum absolute atomic E-state index is 12.8. The lowest BCUT2D eigenvalue weighted by Gasteiger charge is -2.20. The fourth-order valence-electron chi connectivity index (χ4n) is 4.52. The van der Waals surface area contributed by atoms with Gasteiger partial charge in [0.15, 0.2) is 0 Å². The molecule has 5 rings (SSSR count). The van der Waals surface area contributed by atoms with E-state index in [0.717, 1.165) is 35.8 Å². The molecule has 2 saturated heterocycles. The van der Waals surface area contributed by atoms with Crippen LogP contribution in [0.5, 0.6) is 0 Å². The van der Waals surface area contributed by atoms with E-state index in [9.17, 15) is 9.59 Å². The first-order valence-electron chi connectivity index (χ1n) is 11.5. The predicted molar refractivity (Wildman–Crippen MR) is 133 cm³/mol. The molecule has 6 heteroatoms. The molecule has 3 aromatic rings. The van der Waals surface area contributed by atoms with Crippen LogP contribution in [-0.2, 0) is 9.59 Å². The summed E-state index contributed by atoms with van der Waals surface area (Å²) < 4.78 is 0. The summed E-state index contributed by atoms with van der Waals surface area (Å²) in [6.45, 7) is 2.59. The van der Waals surface area contributed by atoms with Crippen LogP contribution in [0.3, 0.4) is 0 Å². The molecule has 2 aliphatic heterocycles. The van der Waals surface area contributed by atoms with E-state index in [2.05, 4.69) is 27.7 Å². The first-order chi connectivity index (χ1) is 16.2. The lowest BCUT2D eigenvalue weighted by molar-refractivity contribution is -0.122. The molecule has 33 heavy (non-hydrogen) atoms. The second kappa shape index (κ2) is 9.36. The van der Waals surface area contributed by atoms with Crippen LogP contribution in [0.4, 0.5) is 28.4 Å². The zero-order valence-corrected chi connectivity index (χ0v) is 18.5. The van der Waals surface area contributed by atoms with Crippen LogP contribution in [0, 0.1) is 5.92 Å². The minimum atomic E-state index is -0.363. The summed E-state index contributed by atoms with van der Waals surface area (Å²) in [4.78, 5) is 29.6. The van der Waals surface area contributed by atoms with E-state index in [1.54, 1.807) is 4.90 Å². The lowest BCUT2D eigenvalue weighted by atomic mass is 10.1. The van der Waals surface area contributed by atoms with E-state index >= 15 is 0 Å². The Morgan fingerprint density at radius 3 is 2.06 bits per heavy atom. The van der Waals surface area contributed by atoms with Gasteiger partial charge in [0.05, 0.1) is 5.92 Å². The van der Waals surface area contributed by atoms with Gasteiger partial charge in [-0.15, -0.1) is 0 Å². The van der Waals surface area contributed by atoms with Crippen molar-refractivity contribution in [3.63, 3.8) is 0 Å². The first kappa shape index (κ1) is 21.1. The summed E-state index contributed by atoms with van der Waals surface area (Å²) in [5, 5.41) is 6.29. The Kier molecular flexibility index (Phi) is 5.98. The summed E-state index contributed by atoms with van der Waals surface area (Å²) in [5.74, 6) is -0.493. The normalized spacial score (nSPS) is 17.9. The van der Waals surface area contributed by atoms with Gasteiger partial charge in [-0.1, -0.05) is 18.2 Å². The molecule has 2 aliphatic rings. The molecule has 0 spiro atoms. The molecule has 2 amide bonds. The minimum absolute atomic E-state index is 0.00789. The van der Waals surface area contributed by atoms with Gasteiger partial charge in [-0.25, -0.2) is 0 Å². The van der Waals surface area contributed by atoms with Crippen molar-refractivity contribution in [1.29, 1.82) is 0 Å². The van der Waals surface area contributed by atoms with E-state index in [-0.39, 0.29) is 24.2 Å². The molecule has 3 aromatic carbocycles. The van der Waals surface area contributed by atoms with Crippen molar-refractivity contribution in [2.24, 2.45) is 5.92 Å². The molecule has 1 atom stereocenters. The molecule has 2 heterocycles. The molecule has 0 saturated carbocycles. The standard InChI is InChI=1S/C27H28N4O2/c32-26-18-20(19-31(26)25-14-12-24(13-15-25)30-16-4-5-17-30)27(33)29-23-10-8-22(9-11-23)28-21-6-2-1-3-7-21/h1-3,6-15,20,28H,4-5,16-19H2,(H,29,33). The van der Waals surface area contributed by atoms with Gasteiger partial charge in [0, 0.05) is 54.5 Å². The van der Waals surface area contributed by atoms with Gasteiger partial charge in [-0.3, -0.25) is 9.59 Å². The number of nitrogens with zero attached hydrogens (tertiary/aromatic N) is 2. The number of hydrogen-bond acceptors (Lipinski definition) is 4. The highest BCUT2D eigenvalue weighted by Crippen LogP contribution is 2.29. The molecule has 1 unspecified atom stereocenters. The number of anilines is 5. The average Bonchev–Trinajstić information content (AvgIpc) is 3.51. The van der Waals surface area contributed by atoms with Gasteiger partial charge in [-0.05, 0) is 73.5 Å². The van der Waals surface area contributed by atoms with Crippen LogP contribution in [0.1, 0.15) is 19.3 Å². The van der Waals surface area contributed by atoms with E-state index < -0.39 is 0 Å². The SMILES string of the molecule is O=C(Nc1ccc(Nc2ccccc2)cc1)C1CC(=O)N(c2ccc(N3CCCC3)cc2)C1. The molecule has 6 nitrogen and oxygen atoms in total. The van der Waals surface area contributed by atoms with Gasteiger partial charge in [0.1, 0.15) is 0 Å². The fraction of sp³-hybridized carbons (Fsp3) is 0.259. The highest BCUT2D eigenvalue weighted by Gasteiger charge is 2.35. The van der Waals surface area contributed by atoms with Crippen molar-refractivity contribution in [2.75, 3.05) is 40.1 Å². The Morgan fingerprint density at radius 1 is 0.758 bits per heavy atom. The molecular formula is C27H28N4O2. The number of para-hydroxylation sites is 1. The Labute approximate surface area is 194 Å². The lowest BCUT2D eigenvalue weighted by Crippen LogP contribution is -2.28. The molecule has 0 radical (unpaired) electrons. The number of carbonyl (C=O) groups excluding carboxylic acids is 2. The van der Waals surface area contributed by atoms with Crippen molar-refractivity contribution in [3.05, 3.63) is 78.9 Å². The maximum atomic E-state index is 12.8. The third kappa shape index (κ3) is 4.85. The van der Waals surface area contributed by atoms with Gasteiger partial charge in [0.25, 0.3) is 0 Å². The summed E-state index contributed by atoms with van der Waals surface area (Å²) in [6, 6.07) is 25.7. The molecule has 168 valence electrons. The number of rotatable bonds is 6. The van der Waals surface area contributed by atoms with Crippen LogP contribution in [0.25, 0.3) is 0 Å². The highest BCUT2D eigenvalue weighted by molar-refractivity contribution is 6.03. The molecule has 0 bridgehead atoms. The van der Waals surface area contributed by atoms with Gasteiger partial charge in [0.2, 0.25) is 11.8 Å². The Hall–Kier alpha value is -3.80. The Balaban J connectivity index is 1.18. The molecule has 0 aromatic heterocycles. The number of nitrogens with one attached hydrogen (secondary N) is 2. The van der Waals surface area contributed by atoms with Crippen LogP contribution in [0.2, 0.25) is 0 Å². The van der Waals surface area contributed by atoms with E-state index in [4.69, 9.17) is 0 Å². The highest BCUT2D eigenvalue weighted by atomic mass is 16.2. The zero-order valence-electron chi connectivity index (χ0n) is 18.5. The summed E-state index contributed by atoms with van der Waals surface area (Å²) in [6.07, 6.45) is 2.69. The Bertz CT molecular complexity index is 1110. The van der Waals surface area contributed by atoms with Gasteiger partial charge < -0.3 is 20.4 Å². The largest absolute Gasteiger partial charge is 0.372 e. The van der Waals surface area contributed by atoms with Crippen LogP contribution >= 0.6 is 0 Å². The number of benzene rings is 3. The third-order valence-corrected chi connectivity index (χ3v) is 6.34. The molecule has 0 aliphatic carbocycles. The van der Waals surface area contributed by atoms with Crippen molar-refractivity contribution in [3.8, 4) is 0 Å². The zero-order chi connectivity index (χ0) is 22.6. The minimum Gasteiger partial charge on any atom is -0.372 e. The average molecular weight is 441 g/mol. The Morgan fingerprint density at radius 2 is 1.36 bits per heavy atom. The van der Waals surface area contributed by atoms with Crippen LogP contribution < -0.4 is 20.4 Å². The second-order valence-electron chi connectivity index (χ2n) is 8.67. The topological polar surface area (TPSA) is 64.7 Å². The van der Waals surface area contributed by atoms with Crippen molar-refractivity contribution in [1.82, 2.24) is 0 Å². The van der Waals surface area contributed by atoms with Crippen molar-refractivity contribution >= 4 is 40.3 Å². The van der Waals surface area contributed by atoms with Crippen molar-refractivity contribution in [2.45, 2.75) is 19.3 Å². The number of hydrogen-bond donors (Lipinski definition) is 2. The second-order valence-corrected chi connectivity index (χ2v) is 8.67. The summed E-state index contributed by atoms with van der Waals surface area (Å²) in [5.41, 5.74) is 4.72. The monoisotopic (exact) mass is 440 g/mol. The van der Waals surface area contributed by atoms with E-state index in [0.29, 0.717) is 6.54 Å². The summed E-state index contributed by atoms with van der Waals surface area (Å²) in [7, 11) is 0. The summed E-state index contributed by atoms with van der Waals surface area (Å²) >= 11 is 0. The van der Waals surface area contributed by atoms with Gasteiger partial charge in [-0.2, -0.15) is 0 Å². The van der Waals surface area contributed by atoms with Crippen LogP contribution in [0.15, 0.2) is 78.9 Å². The number of amides is 2. The smallest absolute Gasteiger partial charge is 0.229 e. The molecule has 2 fully saturated rings. The predicted octanol–water partition coefficient (Wildman–Crippen LogP) is 5.02. The fourth-order valence-corrected chi connectivity index (χ4v) is 4.52. The van der Waals surface area contributed by atoms with Gasteiger partial charge >= 0.3 is 0 Å². The van der Waals surface area contributed by atoms with Crippen LogP contribution in [-0.4, -0.2) is 31.4 Å². The van der Waals surface area contributed by atoms with E-state index in [1.165, 1.54) is 18.5 Å². The third-order valence-electron chi connectivity index (χ3n) is 6.34.